The third-order valence-corrected chi connectivity index (χ3v) is 8.60. The van der Waals surface area contributed by atoms with Crippen LogP contribution >= 0.6 is 0 Å². The summed E-state index contributed by atoms with van der Waals surface area (Å²) in [5, 5.41) is 0. The number of fused-ring (bicyclic) bond motifs is 4. The summed E-state index contributed by atoms with van der Waals surface area (Å²) in [5.41, 5.74) is 12.8. The second-order valence-corrected chi connectivity index (χ2v) is 16.3. The van der Waals surface area contributed by atoms with Crippen LogP contribution in [0.5, 0.6) is 0 Å². The molecule has 8 rings (SSSR count). The zero-order valence-electron chi connectivity index (χ0n) is 29.0. The standard InChI is InChI=1S/4C9H11.2C3H6.2ClH.2Ti/c4*1-2-5-9-7-3-6-8(9)4-1;2*1-3-2;;;;/h4*3,6-7H,1-2,4-5H2;2*1-2H3;2*1H;;/q4*-1;;;;;2*+2/p-2. The smallest absolute Gasteiger partial charge is 0.0512 e. The van der Waals surface area contributed by atoms with Crippen molar-refractivity contribution in [3.63, 3.8) is 0 Å². The van der Waals surface area contributed by atoms with Crippen LogP contribution < -0.4 is 24.8 Å². The SMILES string of the molecule is C[C](C)=[Ti+2].C[C](C)=[Ti+2].[Cl-].[Cl-].c1cc2c([cH-]1)CCCC2.c1cc2c([cH-]1)CCCC2.c1cc2c([cH-]1)CCCC2.c1cc2c([cH-]1)CCCC2. The van der Waals surface area contributed by atoms with Gasteiger partial charge >= 0.3 is 75.3 Å². The van der Waals surface area contributed by atoms with Crippen molar-refractivity contribution in [2.45, 2.75) is 130 Å². The zero-order valence-corrected chi connectivity index (χ0v) is 33.6. The fourth-order valence-electron chi connectivity index (χ4n) is 6.45. The van der Waals surface area contributed by atoms with E-state index in [1.807, 2.05) is 0 Å². The van der Waals surface area contributed by atoms with Gasteiger partial charge in [-0.2, -0.15) is 93.0 Å². The van der Waals surface area contributed by atoms with Crippen LogP contribution in [0.25, 0.3) is 0 Å². The second-order valence-electron chi connectivity index (χ2n) is 13.1. The minimum Gasteiger partial charge on any atom is -1.00 e. The average Bonchev–Trinajstić information content (AvgIpc) is 3.84. The first-order valence-electron chi connectivity index (χ1n) is 17.3. The Balaban J connectivity index is 0.000000282. The fourth-order valence-corrected chi connectivity index (χ4v) is 6.45. The van der Waals surface area contributed by atoms with E-state index >= 15 is 0 Å². The average molecular weight is 728 g/mol. The zero-order chi connectivity index (χ0) is 31.6. The van der Waals surface area contributed by atoms with Gasteiger partial charge in [-0.15, -0.1) is 0 Å². The molecule has 0 radical (unpaired) electrons. The van der Waals surface area contributed by atoms with Crippen molar-refractivity contribution in [1.82, 2.24) is 0 Å². The molecule has 0 aromatic heterocycles. The first kappa shape index (κ1) is 43.2. The van der Waals surface area contributed by atoms with E-state index in [0.29, 0.717) is 0 Å². The van der Waals surface area contributed by atoms with Gasteiger partial charge in [0.15, 0.2) is 0 Å². The minimum atomic E-state index is 0. The molecule has 0 heterocycles. The Hall–Kier alpha value is -0.851. The van der Waals surface area contributed by atoms with E-state index in [9.17, 15) is 0 Å². The van der Waals surface area contributed by atoms with Crippen molar-refractivity contribution in [2.75, 3.05) is 0 Å². The van der Waals surface area contributed by atoms with Gasteiger partial charge in [0.1, 0.15) is 0 Å². The summed E-state index contributed by atoms with van der Waals surface area (Å²) in [6.07, 6.45) is 21.8. The number of halogens is 2. The van der Waals surface area contributed by atoms with Crippen molar-refractivity contribution in [2.24, 2.45) is 0 Å². The molecule has 4 aromatic rings. The molecular weight excluding hydrogens is 671 g/mol. The molecule has 248 valence electrons. The van der Waals surface area contributed by atoms with E-state index in [-0.39, 0.29) is 24.8 Å². The van der Waals surface area contributed by atoms with Crippen LogP contribution in [0.15, 0.2) is 72.8 Å². The Morgan fingerprint density at radius 1 is 0.391 bits per heavy atom. The molecule has 0 spiro atoms. The van der Waals surface area contributed by atoms with E-state index in [0.717, 1.165) is 0 Å². The van der Waals surface area contributed by atoms with E-state index < -0.39 is 0 Å². The van der Waals surface area contributed by atoms with Crippen molar-refractivity contribution >= 4 is 7.62 Å². The fraction of sp³-hybridized carbons (Fsp3) is 0.476. The quantitative estimate of drug-likeness (QED) is 0.183. The summed E-state index contributed by atoms with van der Waals surface area (Å²) in [7, 11) is 0. The largest absolute Gasteiger partial charge is 1.00 e. The molecule has 0 unspecified atom stereocenters. The van der Waals surface area contributed by atoms with Gasteiger partial charge in [-0.05, 0) is 0 Å². The summed E-state index contributed by atoms with van der Waals surface area (Å²) < 4.78 is 2.83. The van der Waals surface area contributed by atoms with Gasteiger partial charge in [-0.3, -0.25) is 0 Å². The number of hydrogen-bond acceptors (Lipinski definition) is 0. The van der Waals surface area contributed by atoms with Gasteiger partial charge in [0.25, 0.3) is 0 Å². The van der Waals surface area contributed by atoms with Crippen molar-refractivity contribution in [3.8, 4) is 0 Å². The molecule has 0 bridgehead atoms. The summed E-state index contributed by atoms with van der Waals surface area (Å²) in [6.45, 7) is 8.33. The maximum Gasteiger partial charge on any atom is -0.0512 e. The van der Waals surface area contributed by atoms with Gasteiger partial charge in [-0.25, -0.2) is 24.3 Å². The predicted octanol–water partition coefficient (Wildman–Crippen LogP) is 4.64. The van der Waals surface area contributed by atoms with Crippen LogP contribution in [0.4, 0.5) is 0 Å². The van der Waals surface area contributed by atoms with Crippen molar-refractivity contribution in [3.05, 3.63) is 117 Å². The van der Waals surface area contributed by atoms with Crippen LogP contribution in [-0.2, 0) is 91.3 Å². The Morgan fingerprint density at radius 2 is 0.565 bits per heavy atom. The van der Waals surface area contributed by atoms with Crippen LogP contribution in [-0.4, -0.2) is 7.62 Å². The molecule has 0 fully saturated rings. The molecule has 0 N–H and O–H groups in total. The molecule has 46 heavy (non-hydrogen) atoms. The third-order valence-electron chi connectivity index (χ3n) is 8.60. The third kappa shape index (κ3) is 17.0. The molecule has 0 saturated carbocycles. The van der Waals surface area contributed by atoms with E-state index in [1.54, 1.807) is 44.5 Å². The first-order chi connectivity index (χ1) is 21.3. The van der Waals surface area contributed by atoms with Gasteiger partial charge in [0.2, 0.25) is 0 Å². The molecule has 0 nitrogen and oxygen atoms in total. The summed E-state index contributed by atoms with van der Waals surface area (Å²) >= 11 is 4.17. The van der Waals surface area contributed by atoms with Crippen LogP contribution in [0.3, 0.4) is 0 Å². The van der Waals surface area contributed by atoms with Crippen molar-refractivity contribution < 1.29 is 64.8 Å². The van der Waals surface area contributed by atoms with Gasteiger partial charge < -0.3 is 24.8 Å². The normalized spacial score (nSPS) is 14.8. The Labute approximate surface area is 317 Å². The Morgan fingerprint density at radius 3 is 0.739 bits per heavy atom. The summed E-state index contributed by atoms with van der Waals surface area (Å²) in [5.74, 6) is 0. The molecule has 4 heteroatoms. The Kier molecular flexibility index (Phi) is 23.6. The van der Waals surface area contributed by atoms with Crippen LogP contribution in [0.2, 0.25) is 0 Å². The topological polar surface area (TPSA) is 0 Å². The molecule has 4 aliphatic carbocycles. The number of hydrogen-bond donors (Lipinski definition) is 0. The van der Waals surface area contributed by atoms with E-state index in [1.165, 1.54) is 110 Å². The van der Waals surface area contributed by atoms with Crippen LogP contribution in [0.1, 0.15) is 124 Å². The maximum atomic E-state index is 2.26. The maximum absolute atomic E-state index is 2.26. The van der Waals surface area contributed by atoms with Gasteiger partial charge in [-0.1, -0.05) is 103 Å². The summed E-state index contributed by atoms with van der Waals surface area (Å²) in [4.78, 5) is 0. The van der Waals surface area contributed by atoms with E-state index in [2.05, 4.69) is 140 Å². The van der Waals surface area contributed by atoms with Crippen molar-refractivity contribution in [1.29, 1.82) is 0 Å². The predicted molar refractivity (Wildman–Crippen MR) is 187 cm³/mol. The number of rotatable bonds is 0. The Bertz CT molecular complexity index is 1070. The van der Waals surface area contributed by atoms with Gasteiger partial charge in [0, 0.05) is 0 Å². The second kappa shape index (κ2) is 25.2. The molecule has 4 aromatic carbocycles. The number of aryl methyl sites for hydroxylation is 8. The molecule has 0 aliphatic heterocycles. The monoisotopic (exact) mass is 726 g/mol. The molecule has 4 aliphatic rings. The first-order valence-corrected chi connectivity index (χ1v) is 18.9. The summed E-state index contributed by atoms with van der Waals surface area (Å²) in [6, 6.07) is 26.8. The minimum absolute atomic E-state index is 0. The molecule has 0 atom stereocenters. The van der Waals surface area contributed by atoms with Crippen LogP contribution in [0, 0.1) is 0 Å². The van der Waals surface area contributed by atoms with Gasteiger partial charge in [0.05, 0.1) is 0 Å². The molecule has 0 saturated heterocycles. The molecular formula is C42H56Cl2Ti2-2. The van der Waals surface area contributed by atoms with E-state index in [4.69, 9.17) is 0 Å². The molecule has 0 amide bonds.